The molecule has 2 aromatic rings. The number of para-hydroxylation sites is 1. The van der Waals surface area contributed by atoms with Gasteiger partial charge < -0.3 is 25.6 Å². The van der Waals surface area contributed by atoms with E-state index >= 15 is 0 Å². The summed E-state index contributed by atoms with van der Waals surface area (Å²) >= 11 is 0. The summed E-state index contributed by atoms with van der Waals surface area (Å²) in [5.41, 5.74) is 2.76. The fourth-order valence-electron chi connectivity index (χ4n) is 4.36. The summed E-state index contributed by atoms with van der Waals surface area (Å²) in [5.74, 6) is 1.65. The van der Waals surface area contributed by atoms with E-state index in [0.717, 1.165) is 60.9 Å². The minimum absolute atomic E-state index is 0. The highest BCUT2D eigenvalue weighted by atomic mass is 127. The summed E-state index contributed by atoms with van der Waals surface area (Å²) in [7, 11) is 1.78. The van der Waals surface area contributed by atoms with Crippen LogP contribution >= 0.6 is 24.0 Å². The third kappa shape index (κ3) is 6.52. The molecule has 1 fully saturated rings. The van der Waals surface area contributed by atoms with Gasteiger partial charge in [-0.15, -0.1) is 24.0 Å². The van der Waals surface area contributed by atoms with Crippen molar-refractivity contribution in [2.24, 2.45) is 4.99 Å². The summed E-state index contributed by atoms with van der Waals surface area (Å²) in [6.45, 7) is 6.48. The molecule has 0 bridgehead atoms. The van der Waals surface area contributed by atoms with Crippen molar-refractivity contribution in [1.29, 1.82) is 0 Å². The highest BCUT2D eigenvalue weighted by molar-refractivity contribution is 14.0. The van der Waals surface area contributed by atoms with Gasteiger partial charge in [-0.2, -0.15) is 0 Å². The van der Waals surface area contributed by atoms with E-state index in [2.05, 4.69) is 40.9 Å². The molecule has 1 unspecified atom stereocenters. The Hall–Kier alpha value is -2.49. The molecule has 2 aromatic carbocycles. The minimum Gasteiger partial charge on any atom is -0.487 e. The molecular weight excluding hydrogens is 529 g/mol. The van der Waals surface area contributed by atoms with Crippen LogP contribution in [0.25, 0.3) is 0 Å². The number of aliphatic imine (C=N–C) groups is 1. The molecule has 2 amide bonds. The first-order valence-electron chi connectivity index (χ1n) is 11.3. The second kappa shape index (κ2) is 11.1. The molecule has 2 heterocycles. The molecule has 0 aromatic heterocycles. The van der Waals surface area contributed by atoms with Gasteiger partial charge in [0.2, 0.25) is 0 Å². The van der Waals surface area contributed by atoms with E-state index in [1.807, 2.05) is 47.4 Å². The van der Waals surface area contributed by atoms with Crippen LogP contribution in [0.3, 0.4) is 0 Å². The van der Waals surface area contributed by atoms with E-state index in [1.54, 1.807) is 7.05 Å². The number of hydrogen-bond acceptors (Lipinski definition) is 3. The van der Waals surface area contributed by atoms with Crippen LogP contribution in [0.1, 0.15) is 50.3 Å². The Morgan fingerprint density at radius 2 is 1.91 bits per heavy atom. The molecule has 7 nitrogen and oxygen atoms in total. The Bertz CT molecular complexity index is 988. The van der Waals surface area contributed by atoms with Gasteiger partial charge in [0.05, 0.1) is 6.04 Å². The van der Waals surface area contributed by atoms with Crippen LogP contribution in [0.4, 0.5) is 10.5 Å². The number of fused-ring (bicyclic) bond motifs is 1. The topological polar surface area (TPSA) is 78.0 Å². The van der Waals surface area contributed by atoms with Crippen molar-refractivity contribution in [3.05, 3.63) is 59.7 Å². The molecule has 3 N–H and O–H groups in total. The van der Waals surface area contributed by atoms with Crippen LogP contribution < -0.4 is 20.7 Å². The highest BCUT2D eigenvalue weighted by Gasteiger charge is 2.33. The molecule has 178 valence electrons. The number of ether oxygens (including phenoxy) is 1. The van der Waals surface area contributed by atoms with Crippen LogP contribution in [0.15, 0.2) is 53.5 Å². The molecule has 33 heavy (non-hydrogen) atoms. The SMILES string of the molecule is CN=C(NCc1cccc(NC(=O)N2CCCC2)c1)NC1CC(C)(C)Oc2ccccc21.I. The normalized spacial score (nSPS) is 19.1. The average molecular weight is 563 g/mol. The Morgan fingerprint density at radius 3 is 2.67 bits per heavy atom. The van der Waals surface area contributed by atoms with Crippen molar-refractivity contribution < 1.29 is 9.53 Å². The van der Waals surface area contributed by atoms with E-state index in [-0.39, 0.29) is 41.7 Å². The number of hydrogen-bond donors (Lipinski definition) is 3. The molecule has 8 heteroatoms. The van der Waals surface area contributed by atoms with Gasteiger partial charge in [0.25, 0.3) is 0 Å². The molecule has 1 saturated heterocycles. The summed E-state index contributed by atoms with van der Waals surface area (Å²) in [6.07, 6.45) is 3.00. The molecule has 0 aliphatic carbocycles. The zero-order valence-corrected chi connectivity index (χ0v) is 21.9. The summed E-state index contributed by atoms with van der Waals surface area (Å²) < 4.78 is 6.14. The number of halogens is 1. The number of nitrogens with zero attached hydrogens (tertiary/aromatic N) is 2. The molecule has 0 saturated carbocycles. The average Bonchev–Trinajstić information content (AvgIpc) is 3.31. The van der Waals surface area contributed by atoms with Gasteiger partial charge >= 0.3 is 6.03 Å². The number of nitrogens with one attached hydrogen (secondary N) is 3. The van der Waals surface area contributed by atoms with Gasteiger partial charge in [0.15, 0.2) is 5.96 Å². The van der Waals surface area contributed by atoms with Crippen molar-refractivity contribution in [2.45, 2.75) is 51.3 Å². The maximum absolute atomic E-state index is 12.4. The van der Waals surface area contributed by atoms with Crippen molar-refractivity contribution >= 4 is 41.7 Å². The molecular formula is C25H34IN5O2. The first kappa shape index (κ1) is 25.1. The zero-order chi connectivity index (χ0) is 22.6. The molecule has 2 aliphatic heterocycles. The molecule has 4 rings (SSSR count). The molecule has 0 spiro atoms. The van der Waals surface area contributed by atoms with Gasteiger partial charge in [-0.1, -0.05) is 30.3 Å². The summed E-state index contributed by atoms with van der Waals surface area (Å²) in [6, 6.07) is 16.2. The monoisotopic (exact) mass is 563 g/mol. The number of rotatable bonds is 4. The van der Waals surface area contributed by atoms with E-state index in [1.165, 1.54) is 0 Å². The predicted octanol–water partition coefficient (Wildman–Crippen LogP) is 4.90. The van der Waals surface area contributed by atoms with Gasteiger partial charge in [-0.25, -0.2) is 4.79 Å². The smallest absolute Gasteiger partial charge is 0.321 e. The standard InChI is InChI=1S/C25H33N5O2.HI/c1-25(2)16-21(20-11-4-5-12-22(20)32-25)29-23(26-3)27-17-18-9-8-10-19(15-18)28-24(31)30-13-6-7-14-30;/h4-5,8-12,15,21H,6-7,13-14,16-17H2,1-3H3,(H,28,31)(H2,26,27,29);1H. The lowest BCUT2D eigenvalue weighted by Crippen LogP contribution is -2.45. The quantitative estimate of drug-likeness (QED) is 0.281. The number of amides is 2. The van der Waals surface area contributed by atoms with E-state index in [4.69, 9.17) is 4.74 Å². The Morgan fingerprint density at radius 1 is 1.15 bits per heavy atom. The maximum Gasteiger partial charge on any atom is 0.321 e. The van der Waals surface area contributed by atoms with E-state index in [9.17, 15) is 4.79 Å². The lowest BCUT2D eigenvalue weighted by molar-refractivity contribution is 0.0694. The minimum atomic E-state index is -0.257. The van der Waals surface area contributed by atoms with Crippen LogP contribution in [0.5, 0.6) is 5.75 Å². The number of carbonyl (C=O) groups is 1. The number of anilines is 1. The third-order valence-electron chi connectivity index (χ3n) is 5.94. The molecule has 0 radical (unpaired) electrons. The fourth-order valence-corrected chi connectivity index (χ4v) is 4.36. The fraction of sp³-hybridized carbons (Fsp3) is 0.440. The first-order chi connectivity index (χ1) is 15.4. The van der Waals surface area contributed by atoms with Gasteiger partial charge in [-0.05, 0) is 50.5 Å². The number of benzene rings is 2. The van der Waals surface area contributed by atoms with E-state index < -0.39 is 0 Å². The second-order valence-corrected chi connectivity index (χ2v) is 9.05. The Labute approximate surface area is 213 Å². The molecule has 2 aliphatic rings. The Balaban J connectivity index is 0.00000306. The van der Waals surface area contributed by atoms with Crippen LogP contribution in [0, 0.1) is 0 Å². The van der Waals surface area contributed by atoms with Crippen LogP contribution in [0.2, 0.25) is 0 Å². The lowest BCUT2D eigenvalue weighted by atomic mass is 9.90. The van der Waals surface area contributed by atoms with Crippen LogP contribution in [-0.2, 0) is 6.54 Å². The highest BCUT2D eigenvalue weighted by Crippen LogP contribution is 2.39. The lowest BCUT2D eigenvalue weighted by Gasteiger charge is -2.38. The number of likely N-dealkylation sites (tertiary alicyclic amines) is 1. The zero-order valence-electron chi connectivity index (χ0n) is 19.6. The number of urea groups is 1. The number of carbonyl (C=O) groups excluding carboxylic acids is 1. The Kier molecular flexibility index (Phi) is 8.45. The van der Waals surface area contributed by atoms with Crippen molar-refractivity contribution in [1.82, 2.24) is 15.5 Å². The number of guanidine groups is 1. The largest absolute Gasteiger partial charge is 0.487 e. The van der Waals surface area contributed by atoms with E-state index in [0.29, 0.717) is 6.54 Å². The van der Waals surface area contributed by atoms with Gasteiger partial charge in [0.1, 0.15) is 11.4 Å². The third-order valence-corrected chi connectivity index (χ3v) is 5.94. The maximum atomic E-state index is 12.4. The van der Waals surface area contributed by atoms with Gasteiger partial charge in [0, 0.05) is 44.4 Å². The summed E-state index contributed by atoms with van der Waals surface area (Å²) in [4.78, 5) is 18.7. The van der Waals surface area contributed by atoms with Crippen molar-refractivity contribution in [3.63, 3.8) is 0 Å². The van der Waals surface area contributed by atoms with Crippen LogP contribution in [-0.4, -0.2) is 42.6 Å². The van der Waals surface area contributed by atoms with Gasteiger partial charge in [-0.3, -0.25) is 4.99 Å². The van der Waals surface area contributed by atoms with Crippen molar-refractivity contribution in [3.8, 4) is 5.75 Å². The first-order valence-corrected chi connectivity index (χ1v) is 11.3. The van der Waals surface area contributed by atoms with Crippen molar-refractivity contribution in [2.75, 3.05) is 25.5 Å². The predicted molar refractivity (Wildman–Crippen MR) is 144 cm³/mol. The second-order valence-electron chi connectivity index (χ2n) is 9.05. The summed E-state index contributed by atoms with van der Waals surface area (Å²) in [5, 5.41) is 9.97. The molecule has 1 atom stereocenters.